The fraction of sp³-hybridized carbons (Fsp3) is 0.333. The number of pyridine rings is 1. The van der Waals surface area contributed by atoms with Crippen LogP contribution in [0.3, 0.4) is 0 Å². The normalized spacial score (nSPS) is 19.2. The Bertz CT molecular complexity index is 1190. The van der Waals surface area contributed by atoms with Crippen molar-refractivity contribution in [3.8, 4) is 5.75 Å². The van der Waals surface area contributed by atoms with E-state index in [4.69, 9.17) is 20.7 Å². The molecule has 172 valence electrons. The van der Waals surface area contributed by atoms with Gasteiger partial charge in [-0.2, -0.15) is 5.10 Å². The number of aromatic carboxylic acids is 1. The van der Waals surface area contributed by atoms with Gasteiger partial charge >= 0.3 is 5.97 Å². The molecule has 1 fully saturated rings. The molecule has 1 aromatic carbocycles. The molecule has 3 aromatic rings. The molecule has 2 aromatic heterocycles. The van der Waals surface area contributed by atoms with Crippen molar-refractivity contribution in [2.45, 2.75) is 37.8 Å². The summed E-state index contributed by atoms with van der Waals surface area (Å²) in [6, 6.07) is 8.79. The summed E-state index contributed by atoms with van der Waals surface area (Å²) in [6.45, 7) is 0. The van der Waals surface area contributed by atoms with E-state index in [0.29, 0.717) is 5.75 Å². The van der Waals surface area contributed by atoms with E-state index < -0.39 is 5.97 Å². The van der Waals surface area contributed by atoms with E-state index >= 15 is 0 Å². The Kier molecular flexibility index (Phi) is 6.58. The first-order chi connectivity index (χ1) is 16.0. The summed E-state index contributed by atoms with van der Waals surface area (Å²) in [4.78, 5) is 19.6. The molecule has 9 nitrogen and oxygen atoms in total. The lowest BCUT2D eigenvalue weighted by molar-refractivity contribution is 0.0696. The Morgan fingerprint density at radius 2 is 2.00 bits per heavy atom. The lowest BCUT2D eigenvalue weighted by atomic mass is 9.93. The van der Waals surface area contributed by atoms with E-state index in [1.54, 1.807) is 37.5 Å². The minimum atomic E-state index is -0.942. The number of fused-ring (bicyclic) bond motifs is 1. The molecule has 1 aliphatic rings. The number of anilines is 1. The molecule has 1 aliphatic carbocycles. The number of hydrogen-bond donors (Lipinski definition) is 3. The van der Waals surface area contributed by atoms with E-state index in [-0.39, 0.29) is 17.7 Å². The van der Waals surface area contributed by atoms with Crippen molar-refractivity contribution >= 4 is 34.5 Å². The summed E-state index contributed by atoms with van der Waals surface area (Å²) in [6.07, 6.45) is 8.71. The Labute approximate surface area is 192 Å². The average molecular weight is 449 g/mol. The van der Waals surface area contributed by atoms with Crippen molar-refractivity contribution in [2.24, 2.45) is 10.7 Å². The summed E-state index contributed by atoms with van der Waals surface area (Å²) in [5, 5.41) is 18.0. The smallest absolute Gasteiger partial charge is 0.335 e. The Morgan fingerprint density at radius 1 is 1.27 bits per heavy atom. The number of allylic oxidation sites excluding steroid dienone is 1. The second-order valence-electron chi connectivity index (χ2n) is 8.02. The van der Waals surface area contributed by atoms with Gasteiger partial charge < -0.3 is 20.9 Å². The summed E-state index contributed by atoms with van der Waals surface area (Å²) in [5.41, 5.74) is 8.63. The number of aliphatic imine (C=N–C) groups is 1. The van der Waals surface area contributed by atoms with Crippen LogP contribution in [0.1, 0.15) is 47.8 Å². The lowest BCUT2D eigenvalue weighted by Gasteiger charge is -2.29. The summed E-state index contributed by atoms with van der Waals surface area (Å²) < 4.78 is 8.19. The highest BCUT2D eigenvalue weighted by molar-refractivity contribution is 6.13. The quantitative estimate of drug-likeness (QED) is 0.470. The molecule has 0 atom stereocenters. The third-order valence-electron chi connectivity index (χ3n) is 5.96. The third-order valence-corrected chi connectivity index (χ3v) is 5.96. The molecule has 9 heteroatoms. The average Bonchev–Trinajstić information content (AvgIpc) is 3.22. The van der Waals surface area contributed by atoms with Crippen LogP contribution >= 0.6 is 0 Å². The molecule has 0 saturated heterocycles. The third kappa shape index (κ3) is 4.67. The summed E-state index contributed by atoms with van der Waals surface area (Å²) in [5.74, 6) is 0.526. The van der Waals surface area contributed by atoms with Gasteiger partial charge in [0.15, 0.2) is 0 Å². The number of nitrogens with zero attached hydrogens (tertiary/aromatic N) is 4. The number of benzene rings is 1. The monoisotopic (exact) mass is 448 g/mol. The van der Waals surface area contributed by atoms with Gasteiger partial charge in [0, 0.05) is 49.7 Å². The van der Waals surface area contributed by atoms with Crippen LogP contribution < -0.4 is 15.8 Å². The molecule has 0 amide bonds. The molecule has 4 rings (SSSR count). The maximum absolute atomic E-state index is 11.0. The number of rotatable bonds is 7. The van der Waals surface area contributed by atoms with Gasteiger partial charge in [-0.15, -0.1) is 0 Å². The minimum Gasteiger partial charge on any atom is -0.490 e. The van der Waals surface area contributed by atoms with Crippen LogP contribution in [0.15, 0.2) is 47.7 Å². The van der Waals surface area contributed by atoms with E-state index in [9.17, 15) is 4.79 Å². The van der Waals surface area contributed by atoms with Crippen LogP contribution in [-0.2, 0) is 0 Å². The Balaban J connectivity index is 1.54. The number of aromatic nitrogens is 3. The standard InChI is InChI=1S/C24H28N6O3/c1-26-13-16(12-25)23-20-14-28-22(27-2)11-21(20)30(29-23)17-5-9-19(10-6-17)33-18-7-3-15(4-8-18)24(31)32/h3-4,7-8,11-14,17,19H,5-6,9-10,25H2,1-2H3,(H,27,28)(H,31,32). The van der Waals surface area contributed by atoms with E-state index in [2.05, 4.69) is 20.0 Å². The molecule has 0 bridgehead atoms. The number of nitrogens with one attached hydrogen (secondary N) is 1. The lowest BCUT2D eigenvalue weighted by Crippen LogP contribution is -2.26. The number of carboxylic acids is 1. The van der Waals surface area contributed by atoms with Gasteiger partial charge in [-0.05, 0) is 49.9 Å². The highest BCUT2D eigenvalue weighted by Crippen LogP contribution is 2.35. The molecule has 33 heavy (non-hydrogen) atoms. The zero-order valence-electron chi connectivity index (χ0n) is 18.7. The highest BCUT2D eigenvalue weighted by Gasteiger charge is 2.27. The summed E-state index contributed by atoms with van der Waals surface area (Å²) >= 11 is 0. The first kappa shape index (κ1) is 22.3. The van der Waals surface area contributed by atoms with Gasteiger partial charge in [-0.1, -0.05) is 0 Å². The Morgan fingerprint density at radius 3 is 2.61 bits per heavy atom. The first-order valence-electron chi connectivity index (χ1n) is 10.9. The molecule has 4 N–H and O–H groups in total. The maximum Gasteiger partial charge on any atom is 0.335 e. The van der Waals surface area contributed by atoms with Crippen LogP contribution in [0, 0.1) is 0 Å². The van der Waals surface area contributed by atoms with Crippen molar-refractivity contribution in [1.82, 2.24) is 14.8 Å². The van der Waals surface area contributed by atoms with Crippen molar-refractivity contribution in [3.05, 3.63) is 54.0 Å². The van der Waals surface area contributed by atoms with Gasteiger partial charge in [0.25, 0.3) is 0 Å². The first-order valence-corrected chi connectivity index (χ1v) is 10.9. The van der Waals surface area contributed by atoms with Crippen LogP contribution in [0.5, 0.6) is 5.75 Å². The van der Waals surface area contributed by atoms with Crippen molar-refractivity contribution in [2.75, 3.05) is 19.4 Å². The summed E-state index contributed by atoms with van der Waals surface area (Å²) in [7, 11) is 3.55. The minimum absolute atomic E-state index is 0.0829. The number of carboxylic acid groups (broad SMARTS) is 1. The highest BCUT2D eigenvalue weighted by atomic mass is 16.5. The molecule has 0 spiro atoms. The van der Waals surface area contributed by atoms with Gasteiger partial charge in [0.1, 0.15) is 17.3 Å². The molecule has 2 heterocycles. The maximum atomic E-state index is 11.0. The zero-order valence-corrected chi connectivity index (χ0v) is 18.7. The van der Waals surface area contributed by atoms with Crippen molar-refractivity contribution in [1.29, 1.82) is 0 Å². The van der Waals surface area contributed by atoms with Crippen LogP contribution in [0.4, 0.5) is 5.82 Å². The van der Waals surface area contributed by atoms with Gasteiger partial charge in [0.05, 0.1) is 23.2 Å². The van der Waals surface area contributed by atoms with Crippen molar-refractivity contribution in [3.63, 3.8) is 0 Å². The second-order valence-corrected chi connectivity index (χ2v) is 8.02. The van der Waals surface area contributed by atoms with E-state index in [0.717, 1.165) is 53.7 Å². The molecular weight excluding hydrogens is 420 g/mol. The molecule has 0 aliphatic heterocycles. The van der Waals surface area contributed by atoms with Gasteiger partial charge in [-0.3, -0.25) is 9.67 Å². The molecule has 1 saturated carbocycles. The predicted octanol–water partition coefficient (Wildman–Crippen LogP) is 3.73. The molecular formula is C24H28N6O3. The predicted molar refractivity (Wildman–Crippen MR) is 129 cm³/mol. The SMILES string of the molecule is CN=CC(=CN)c1nn(C2CCC(Oc3ccc(C(=O)O)cc3)CC2)c2cc(NC)ncc12. The number of carbonyl (C=O) groups is 1. The van der Waals surface area contributed by atoms with Gasteiger partial charge in [0.2, 0.25) is 0 Å². The second kappa shape index (κ2) is 9.72. The number of hydrogen-bond acceptors (Lipinski definition) is 7. The van der Waals surface area contributed by atoms with Crippen LogP contribution in [0.25, 0.3) is 16.5 Å². The van der Waals surface area contributed by atoms with Crippen molar-refractivity contribution < 1.29 is 14.6 Å². The topological polar surface area (TPSA) is 128 Å². The Hall–Kier alpha value is -3.88. The van der Waals surface area contributed by atoms with E-state index in [1.165, 1.54) is 6.20 Å². The van der Waals surface area contributed by atoms with Gasteiger partial charge in [-0.25, -0.2) is 9.78 Å². The number of nitrogens with two attached hydrogens (primary N) is 1. The number of ether oxygens (including phenoxy) is 1. The van der Waals surface area contributed by atoms with E-state index in [1.807, 2.05) is 19.3 Å². The molecule has 0 radical (unpaired) electrons. The zero-order chi connectivity index (χ0) is 23.4. The van der Waals surface area contributed by atoms with Crippen LogP contribution in [-0.4, -0.2) is 52.3 Å². The molecule has 0 unspecified atom stereocenters. The van der Waals surface area contributed by atoms with Crippen LogP contribution in [0.2, 0.25) is 0 Å². The fourth-order valence-corrected chi connectivity index (χ4v) is 4.26. The fourth-order valence-electron chi connectivity index (χ4n) is 4.26. The largest absolute Gasteiger partial charge is 0.490 e.